The molecule has 1 aromatic carbocycles. The molecule has 1 amide bonds. The van der Waals surface area contributed by atoms with Crippen LogP contribution in [0.5, 0.6) is 5.75 Å². The highest BCUT2D eigenvalue weighted by atomic mass is 35.5. The van der Waals surface area contributed by atoms with E-state index in [9.17, 15) is 4.79 Å². The Bertz CT molecular complexity index is 441. The van der Waals surface area contributed by atoms with Crippen LogP contribution in [0.1, 0.15) is 24.0 Å². The van der Waals surface area contributed by atoms with Crippen molar-refractivity contribution in [3.63, 3.8) is 0 Å². The molecule has 1 fully saturated rings. The van der Waals surface area contributed by atoms with Gasteiger partial charge in [0.05, 0.1) is 13.5 Å². The molecule has 1 N–H and O–H groups in total. The summed E-state index contributed by atoms with van der Waals surface area (Å²) >= 11 is 6.06. The van der Waals surface area contributed by atoms with E-state index in [1.165, 1.54) is 0 Å². The van der Waals surface area contributed by atoms with Gasteiger partial charge < -0.3 is 10.1 Å². The first-order valence-electron chi connectivity index (χ1n) is 5.72. The number of carbonyl (C=O) groups is 1. The number of aryl methyl sites for hydroxylation is 1. The minimum Gasteiger partial charge on any atom is -0.496 e. The quantitative estimate of drug-likeness (QED) is 0.895. The molecule has 0 atom stereocenters. The number of rotatable bonds is 4. The van der Waals surface area contributed by atoms with Crippen LogP contribution in [0.25, 0.3) is 0 Å². The molecule has 0 saturated heterocycles. The second-order valence-corrected chi connectivity index (χ2v) is 4.84. The van der Waals surface area contributed by atoms with E-state index < -0.39 is 0 Å². The molecule has 0 aromatic heterocycles. The van der Waals surface area contributed by atoms with Crippen LogP contribution in [0, 0.1) is 6.92 Å². The summed E-state index contributed by atoms with van der Waals surface area (Å²) in [5.74, 6) is 0.753. The average molecular weight is 254 g/mol. The lowest BCUT2D eigenvalue weighted by Crippen LogP contribution is -2.27. The van der Waals surface area contributed by atoms with Gasteiger partial charge in [-0.3, -0.25) is 4.79 Å². The lowest BCUT2D eigenvalue weighted by atomic mass is 10.1. The Hall–Kier alpha value is -1.22. The van der Waals surface area contributed by atoms with Crippen molar-refractivity contribution in [1.29, 1.82) is 0 Å². The summed E-state index contributed by atoms with van der Waals surface area (Å²) in [5.41, 5.74) is 1.79. The molecule has 1 aliphatic rings. The van der Waals surface area contributed by atoms with Gasteiger partial charge in [-0.25, -0.2) is 0 Å². The van der Waals surface area contributed by atoms with Gasteiger partial charge in [0.25, 0.3) is 0 Å². The zero-order valence-corrected chi connectivity index (χ0v) is 10.8. The summed E-state index contributed by atoms with van der Waals surface area (Å²) in [6.07, 6.45) is 2.51. The van der Waals surface area contributed by atoms with E-state index in [0.29, 0.717) is 17.5 Å². The van der Waals surface area contributed by atoms with Crippen LogP contribution < -0.4 is 10.1 Å². The zero-order valence-electron chi connectivity index (χ0n) is 10.0. The van der Waals surface area contributed by atoms with E-state index in [2.05, 4.69) is 5.32 Å². The summed E-state index contributed by atoms with van der Waals surface area (Å²) in [6, 6.07) is 4.05. The van der Waals surface area contributed by atoms with Gasteiger partial charge in [-0.05, 0) is 37.5 Å². The molecule has 0 unspecified atom stereocenters. The van der Waals surface area contributed by atoms with Gasteiger partial charge in [-0.1, -0.05) is 11.6 Å². The third kappa shape index (κ3) is 3.13. The first-order chi connectivity index (χ1) is 8.10. The molecule has 1 saturated carbocycles. The van der Waals surface area contributed by atoms with Gasteiger partial charge in [0.1, 0.15) is 5.75 Å². The summed E-state index contributed by atoms with van der Waals surface area (Å²) < 4.78 is 5.26. The monoisotopic (exact) mass is 253 g/mol. The third-order valence-electron chi connectivity index (χ3n) is 2.86. The van der Waals surface area contributed by atoms with E-state index in [-0.39, 0.29) is 5.91 Å². The molecule has 1 aliphatic carbocycles. The summed E-state index contributed by atoms with van der Waals surface area (Å²) in [4.78, 5) is 11.7. The Morgan fingerprint density at radius 2 is 2.24 bits per heavy atom. The minimum absolute atomic E-state index is 0.0331. The van der Waals surface area contributed by atoms with Gasteiger partial charge >= 0.3 is 0 Å². The summed E-state index contributed by atoms with van der Waals surface area (Å²) in [5, 5.41) is 3.62. The minimum atomic E-state index is 0.0331. The Labute approximate surface area is 106 Å². The van der Waals surface area contributed by atoms with E-state index in [0.717, 1.165) is 29.7 Å². The van der Waals surface area contributed by atoms with Crippen LogP contribution in [0.3, 0.4) is 0 Å². The van der Waals surface area contributed by atoms with Crippen molar-refractivity contribution >= 4 is 17.5 Å². The molecule has 17 heavy (non-hydrogen) atoms. The Morgan fingerprint density at radius 1 is 1.53 bits per heavy atom. The van der Waals surface area contributed by atoms with Crippen LogP contribution in [0.4, 0.5) is 0 Å². The Balaban J connectivity index is 2.12. The topological polar surface area (TPSA) is 38.3 Å². The predicted molar refractivity (Wildman–Crippen MR) is 67.6 cm³/mol. The SMILES string of the molecule is COc1cc(C)c(Cl)cc1CC(=O)NC1CC1. The number of methoxy groups -OCH3 is 1. The van der Waals surface area contributed by atoms with Crippen LogP contribution in [-0.4, -0.2) is 19.1 Å². The van der Waals surface area contributed by atoms with Crippen molar-refractivity contribution in [1.82, 2.24) is 5.32 Å². The van der Waals surface area contributed by atoms with Gasteiger partial charge in [0.2, 0.25) is 5.91 Å². The van der Waals surface area contributed by atoms with Crippen molar-refractivity contribution in [2.24, 2.45) is 0 Å². The number of amides is 1. The lowest BCUT2D eigenvalue weighted by Gasteiger charge is -2.11. The Morgan fingerprint density at radius 3 is 2.82 bits per heavy atom. The molecule has 4 heteroatoms. The first-order valence-corrected chi connectivity index (χ1v) is 6.10. The molecular formula is C13H16ClNO2. The van der Waals surface area contributed by atoms with Crippen LogP contribution >= 0.6 is 11.6 Å². The maximum absolute atomic E-state index is 11.7. The second kappa shape index (κ2) is 4.96. The number of ether oxygens (including phenoxy) is 1. The number of hydrogen-bond donors (Lipinski definition) is 1. The molecule has 3 nitrogen and oxygen atoms in total. The molecule has 0 bridgehead atoms. The number of carbonyl (C=O) groups excluding carboxylic acids is 1. The molecule has 0 spiro atoms. The van der Waals surface area contributed by atoms with Gasteiger partial charge in [0.15, 0.2) is 0 Å². The molecule has 0 heterocycles. The molecule has 0 radical (unpaired) electrons. The molecule has 2 rings (SSSR count). The first kappa shape index (κ1) is 12.2. The highest BCUT2D eigenvalue weighted by molar-refractivity contribution is 6.31. The van der Waals surface area contributed by atoms with E-state index in [4.69, 9.17) is 16.3 Å². The fourth-order valence-electron chi connectivity index (χ4n) is 1.70. The second-order valence-electron chi connectivity index (χ2n) is 4.43. The Kier molecular flexibility index (Phi) is 3.57. The number of hydrogen-bond acceptors (Lipinski definition) is 2. The maximum atomic E-state index is 11.7. The van der Waals surface area contributed by atoms with E-state index in [1.807, 2.05) is 19.1 Å². The molecular weight excluding hydrogens is 238 g/mol. The fourth-order valence-corrected chi connectivity index (χ4v) is 1.89. The lowest BCUT2D eigenvalue weighted by molar-refractivity contribution is -0.120. The normalized spacial score (nSPS) is 14.5. The third-order valence-corrected chi connectivity index (χ3v) is 3.26. The van der Waals surface area contributed by atoms with Gasteiger partial charge in [-0.2, -0.15) is 0 Å². The average Bonchev–Trinajstić information content (AvgIpc) is 3.06. The molecule has 0 aliphatic heterocycles. The molecule has 1 aromatic rings. The summed E-state index contributed by atoms with van der Waals surface area (Å²) in [6.45, 7) is 1.92. The number of halogens is 1. The standard InChI is InChI=1S/C13H16ClNO2/c1-8-5-12(17-2)9(6-11(8)14)7-13(16)15-10-3-4-10/h5-6,10H,3-4,7H2,1-2H3,(H,15,16). The highest BCUT2D eigenvalue weighted by Gasteiger charge is 2.23. The van der Waals surface area contributed by atoms with Crippen molar-refractivity contribution < 1.29 is 9.53 Å². The van der Waals surface area contributed by atoms with Gasteiger partial charge in [-0.15, -0.1) is 0 Å². The highest BCUT2D eigenvalue weighted by Crippen LogP contribution is 2.27. The number of nitrogens with one attached hydrogen (secondary N) is 1. The van der Waals surface area contributed by atoms with Gasteiger partial charge in [0, 0.05) is 16.6 Å². The van der Waals surface area contributed by atoms with Crippen LogP contribution in [-0.2, 0) is 11.2 Å². The molecule has 92 valence electrons. The maximum Gasteiger partial charge on any atom is 0.224 e. The summed E-state index contributed by atoms with van der Waals surface area (Å²) in [7, 11) is 1.60. The fraction of sp³-hybridized carbons (Fsp3) is 0.462. The van der Waals surface area contributed by atoms with Crippen molar-refractivity contribution in [3.8, 4) is 5.75 Å². The zero-order chi connectivity index (χ0) is 12.4. The van der Waals surface area contributed by atoms with Crippen molar-refractivity contribution in [3.05, 3.63) is 28.3 Å². The number of benzene rings is 1. The van der Waals surface area contributed by atoms with Crippen molar-refractivity contribution in [2.75, 3.05) is 7.11 Å². The van der Waals surface area contributed by atoms with Crippen molar-refractivity contribution in [2.45, 2.75) is 32.2 Å². The van der Waals surface area contributed by atoms with E-state index in [1.54, 1.807) is 7.11 Å². The smallest absolute Gasteiger partial charge is 0.224 e. The van der Waals surface area contributed by atoms with Crippen LogP contribution in [0.15, 0.2) is 12.1 Å². The largest absolute Gasteiger partial charge is 0.496 e. The predicted octanol–water partition coefficient (Wildman–Crippen LogP) is 2.48. The van der Waals surface area contributed by atoms with Crippen LogP contribution in [0.2, 0.25) is 5.02 Å². The van der Waals surface area contributed by atoms with E-state index >= 15 is 0 Å².